The van der Waals surface area contributed by atoms with Crippen molar-refractivity contribution in [3.05, 3.63) is 75.1 Å². The second-order valence-electron chi connectivity index (χ2n) is 5.64. The molecule has 5 nitrogen and oxygen atoms in total. The van der Waals surface area contributed by atoms with Gasteiger partial charge < -0.3 is 0 Å². The Balaban J connectivity index is 1.77. The molecule has 2 heterocycles. The Morgan fingerprint density at radius 1 is 1.11 bits per heavy atom. The predicted octanol–water partition coefficient (Wildman–Crippen LogP) is 5.31. The maximum absolute atomic E-state index is 13.1. The minimum atomic E-state index is -0.133. The van der Waals surface area contributed by atoms with Crippen LogP contribution < -0.4 is 4.90 Å². The molecule has 0 bridgehead atoms. The third kappa shape index (κ3) is 3.95. The van der Waals surface area contributed by atoms with E-state index < -0.39 is 0 Å². The van der Waals surface area contributed by atoms with Crippen molar-refractivity contribution in [1.82, 2.24) is 10.2 Å². The van der Waals surface area contributed by atoms with Crippen LogP contribution in [0.25, 0.3) is 6.08 Å². The Hall–Kier alpha value is -2.48. The van der Waals surface area contributed by atoms with Gasteiger partial charge in [-0.25, -0.2) is 0 Å². The van der Waals surface area contributed by atoms with E-state index in [1.807, 2.05) is 61.5 Å². The average Bonchev–Trinajstić information content (AvgIpc) is 3.19. The lowest BCUT2D eigenvalue weighted by molar-refractivity contribution is -0.113. The van der Waals surface area contributed by atoms with Crippen molar-refractivity contribution in [2.75, 3.05) is 4.90 Å². The van der Waals surface area contributed by atoms with Crippen LogP contribution in [0.4, 0.5) is 10.8 Å². The number of carbonyl (C=O) groups is 1. The zero-order chi connectivity index (χ0) is 18.8. The smallest absolute Gasteiger partial charge is 0.268 e. The van der Waals surface area contributed by atoms with Crippen LogP contribution in [-0.4, -0.2) is 21.3 Å². The third-order valence-electron chi connectivity index (χ3n) is 3.67. The molecule has 4 rings (SSSR count). The zero-order valence-corrected chi connectivity index (χ0v) is 16.6. The molecule has 0 aliphatic carbocycles. The van der Waals surface area contributed by atoms with E-state index in [9.17, 15) is 4.79 Å². The number of benzene rings is 2. The first kappa shape index (κ1) is 17.9. The van der Waals surface area contributed by atoms with Gasteiger partial charge in [-0.15, -0.1) is 10.2 Å². The number of carbonyl (C=O) groups excluding carboxylic acids is 1. The largest absolute Gasteiger partial charge is 0.271 e. The van der Waals surface area contributed by atoms with Crippen LogP contribution in [0.15, 0.2) is 64.5 Å². The number of rotatable bonds is 3. The van der Waals surface area contributed by atoms with Crippen LogP contribution >= 0.6 is 34.7 Å². The molecule has 1 aliphatic heterocycles. The molecule has 1 aliphatic rings. The molecule has 8 heteroatoms. The van der Waals surface area contributed by atoms with Gasteiger partial charge in [0.2, 0.25) is 5.13 Å². The van der Waals surface area contributed by atoms with Crippen molar-refractivity contribution >= 4 is 62.7 Å². The summed E-state index contributed by atoms with van der Waals surface area (Å²) in [5.41, 5.74) is 1.61. The maximum atomic E-state index is 13.1. The van der Waals surface area contributed by atoms with Crippen molar-refractivity contribution in [3.8, 4) is 0 Å². The molecule has 0 N–H and O–H groups in total. The summed E-state index contributed by atoms with van der Waals surface area (Å²) in [4.78, 5) is 19.8. The molecule has 27 heavy (non-hydrogen) atoms. The van der Waals surface area contributed by atoms with Crippen LogP contribution in [0, 0.1) is 6.92 Å². The summed E-state index contributed by atoms with van der Waals surface area (Å²) < 4.78 is 0. The predicted molar refractivity (Wildman–Crippen MR) is 113 cm³/mol. The van der Waals surface area contributed by atoms with Crippen LogP contribution in [-0.2, 0) is 4.79 Å². The first-order valence-corrected chi connectivity index (χ1v) is 10.0. The number of para-hydroxylation sites is 1. The number of thioether (sulfide) groups is 1. The third-order valence-corrected chi connectivity index (χ3v) is 5.61. The summed E-state index contributed by atoms with van der Waals surface area (Å²) in [5, 5.41) is 10.6. The molecule has 1 fully saturated rings. The number of amides is 1. The first-order valence-electron chi connectivity index (χ1n) is 8.03. The highest BCUT2D eigenvalue weighted by molar-refractivity contribution is 8.19. The molecule has 0 atom stereocenters. The van der Waals surface area contributed by atoms with E-state index in [4.69, 9.17) is 11.6 Å². The fourth-order valence-electron chi connectivity index (χ4n) is 2.51. The van der Waals surface area contributed by atoms with Gasteiger partial charge in [0.15, 0.2) is 5.17 Å². The molecule has 3 aromatic rings. The van der Waals surface area contributed by atoms with Gasteiger partial charge in [-0.2, -0.15) is 4.99 Å². The number of hydrogen-bond donors (Lipinski definition) is 0. The highest BCUT2D eigenvalue weighted by Crippen LogP contribution is 2.37. The standard InChI is InChI=1S/C19H13ClN4OS2/c1-12-22-23-18(26-12)21-19-24(15-8-3-2-4-9-15)17(25)16(27-19)11-13-6-5-7-14(20)10-13/h2-11H,1H3/b16-11-,21-19+. The zero-order valence-electron chi connectivity index (χ0n) is 14.2. The van der Waals surface area contributed by atoms with Gasteiger partial charge in [0.25, 0.3) is 5.91 Å². The van der Waals surface area contributed by atoms with E-state index in [1.54, 1.807) is 11.0 Å². The maximum Gasteiger partial charge on any atom is 0.271 e. The van der Waals surface area contributed by atoms with Crippen LogP contribution in [0.3, 0.4) is 0 Å². The fourth-order valence-corrected chi connectivity index (χ4v) is 4.31. The summed E-state index contributed by atoms with van der Waals surface area (Å²) in [6.07, 6.45) is 1.82. The molecular formula is C19H13ClN4OS2. The number of amidine groups is 1. The second kappa shape index (κ2) is 7.64. The highest BCUT2D eigenvalue weighted by Gasteiger charge is 2.35. The molecule has 0 radical (unpaired) electrons. The second-order valence-corrected chi connectivity index (χ2v) is 8.25. The Labute approximate surface area is 169 Å². The van der Waals surface area contributed by atoms with Crippen molar-refractivity contribution in [1.29, 1.82) is 0 Å². The first-order chi connectivity index (χ1) is 13.1. The number of nitrogens with zero attached hydrogens (tertiary/aromatic N) is 4. The quantitative estimate of drug-likeness (QED) is 0.547. The number of aliphatic imine (C=N–C) groups is 1. The molecular weight excluding hydrogens is 400 g/mol. The Morgan fingerprint density at radius 2 is 1.93 bits per heavy atom. The van der Waals surface area contributed by atoms with E-state index in [-0.39, 0.29) is 5.91 Å². The molecule has 0 spiro atoms. The lowest BCUT2D eigenvalue weighted by Gasteiger charge is -2.14. The highest BCUT2D eigenvalue weighted by atomic mass is 35.5. The van der Waals surface area contributed by atoms with Crippen molar-refractivity contribution in [3.63, 3.8) is 0 Å². The van der Waals surface area contributed by atoms with E-state index >= 15 is 0 Å². The molecule has 0 saturated carbocycles. The van der Waals surface area contributed by atoms with Crippen molar-refractivity contribution in [2.24, 2.45) is 4.99 Å². The SMILES string of the molecule is Cc1nnc(/N=C2/S/C(=C\c3cccc(Cl)c3)C(=O)N2c2ccccc2)s1. The minimum Gasteiger partial charge on any atom is -0.268 e. The van der Waals surface area contributed by atoms with Gasteiger partial charge in [0, 0.05) is 5.02 Å². The monoisotopic (exact) mass is 412 g/mol. The van der Waals surface area contributed by atoms with Crippen LogP contribution in [0.5, 0.6) is 0 Å². The Bertz CT molecular complexity index is 1060. The lowest BCUT2D eigenvalue weighted by Crippen LogP contribution is -2.28. The molecule has 134 valence electrons. The molecule has 0 unspecified atom stereocenters. The number of anilines is 1. The molecule has 1 saturated heterocycles. The van der Waals surface area contributed by atoms with Crippen molar-refractivity contribution < 1.29 is 4.79 Å². The lowest BCUT2D eigenvalue weighted by atomic mass is 10.2. The van der Waals surface area contributed by atoms with Gasteiger partial charge in [0.05, 0.1) is 10.6 Å². The summed E-state index contributed by atoms with van der Waals surface area (Å²) in [6, 6.07) is 16.8. The summed E-state index contributed by atoms with van der Waals surface area (Å²) in [6.45, 7) is 1.87. The van der Waals surface area contributed by atoms with Gasteiger partial charge in [-0.1, -0.05) is 53.3 Å². The fraction of sp³-hybridized carbons (Fsp3) is 0.0526. The minimum absolute atomic E-state index is 0.133. The van der Waals surface area contributed by atoms with E-state index in [0.29, 0.717) is 20.2 Å². The molecule has 1 aromatic heterocycles. The normalized spacial score (nSPS) is 17.3. The average molecular weight is 413 g/mol. The summed E-state index contributed by atoms with van der Waals surface area (Å²) in [7, 11) is 0. The number of aromatic nitrogens is 2. The molecule has 1 amide bonds. The number of aryl methyl sites for hydroxylation is 1. The van der Waals surface area contributed by atoms with E-state index in [2.05, 4.69) is 15.2 Å². The summed E-state index contributed by atoms with van der Waals surface area (Å²) >= 11 is 8.75. The van der Waals surface area contributed by atoms with Gasteiger partial charge >= 0.3 is 0 Å². The molecule has 2 aromatic carbocycles. The number of hydrogen-bond acceptors (Lipinski definition) is 6. The Kier molecular flexibility index (Phi) is 5.07. The van der Waals surface area contributed by atoms with Crippen LogP contribution in [0.2, 0.25) is 5.02 Å². The van der Waals surface area contributed by atoms with E-state index in [1.165, 1.54) is 23.1 Å². The van der Waals surface area contributed by atoms with E-state index in [0.717, 1.165) is 16.3 Å². The van der Waals surface area contributed by atoms with Crippen LogP contribution in [0.1, 0.15) is 10.6 Å². The van der Waals surface area contributed by atoms with Gasteiger partial charge in [-0.3, -0.25) is 9.69 Å². The Morgan fingerprint density at radius 3 is 2.63 bits per heavy atom. The topological polar surface area (TPSA) is 58.5 Å². The summed E-state index contributed by atoms with van der Waals surface area (Å²) in [5.74, 6) is -0.133. The number of halogens is 1. The van der Waals surface area contributed by atoms with Gasteiger partial charge in [0.1, 0.15) is 5.01 Å². The van der Waals surface area contributed by atoms with Gasteiger partial charge in [-0.05, 0) is 54.6 Å². The van der Waals surface area contributed by atoms with Crippen molar-refractivity contribution in [2.45, 2.75) is 6.92 Å².